The molecule has 1 aromatic heterocycles. The molecule has 1 aliphatic heterocycles. The van der Waals surface area contributed by atoms with E-state index < -0.39 is 11.6 Å². The van der Waals surface area contributed by atoms with Gasteiger partial charge in [0.1, 0.15) is 11.6 Å². The fourth-order valence-corrected chi connectivity index (χ4v) is 4.41. The first-order valence-electron chi connectivity index (χ1n) is 9.83. The number of nitrogens with zero attached hydrogens (tertiary/aromatic N) is 2. The van der Waals surface area contributed by atoms with Crippen molar-refractivity contribution < 1.29 is 13.5 Å². The zero-order valence-electron chi connectivity index (χ0n) is 16.9. The van der Waals surface area contributed by atoms with Crippen molar-refractivity contribution in [2.75, 3.05) is 46.4 Å². The van der Waals surface area contributed by atoms with Crippen molar-refractivity contribution in [3.05, 3.63) is 57.3 Å². The lowest BCUT2D eigenvalue weighted by molar-refractivity contribution is 0.0177. The third-order valence-electron chi connectivity index (χ3n) is 4.96. The largest absolute Gasteiger partial charge is 0.379 e. The van der Waals surface area contributed by atoms with Gasteiger partial charge in [-0.15, -0.1) is 11.3 Å². The van der Waals surface area contributed by atoms with E-state index in [0.717, 1.165) is 38.4 Å². The van der Waals surface area contributed by atoms with Gasteiger partial charge in [-0.3, -0.25) is 9.89 Å². The summed E-state index contributed by atoms with van der Waals surface area (Å²) in [6.07, 6.45) is 0.376. The number of benzene rings is 1. The Kier molecular flexibility index (Phi) is 7.97. The van der Waals surface area contributed by atoms with E-state index in [0.29, 0.717) is 31.0 Å². The molecule has 8 heteroatoms. The molecule has 158 valence electrons. The quantitative estimate of drug-likeness (QED) is 0.532. The summed E-state index contributed by atoms with van der Waals surface area (Å²) in [7, 11) is 1.71. The molecule has 0 spiro atoms. The van der Waals surface area contributed by atoms with Crippen molar-refractivity contribution in [3.63, 3.8) is 0 Å². The number of morpholine rings is 1. The van der Waals surface area contributed by atoms with Crippen molar-refractivity contribution >= 4 is 17.3 Å². The number of guanidine groups is 1. The van der Waals surface area contributed by atoms with Gasteiger partial charge in [0.05, 0.1) is 19.3 Å². The van der Waals surface area contributed by atoms with Crippen LogP contribution in [0.1, 0.15) is 21.4 Å². The van der Waals surface area contributed by atoms with Gasteiger partial charge in [0.2, 0.25) is 0 Å². The van der Waals surface area contributed by atoms with Crippen LogP contribution in [0.2, 0.25) is 0 Å². The van der Waals surface area contributed by atoms with Gasteiger partial charge >= 0.3 is 0 Å². The Morgan fingerprint density at radius 3 is 2.69 bits per heavy atom. The maximum absolute atomic E-state index is 13.8. The van der Waals surface area contributed by atoms with Gasteiger partial charge in [-0.25, -0.2) is 8.78 Å². The van der Waals surface area contributed by atoms with Gasteiger partial charge in [0.25, 0.3) is 0 Å². The Hall–Kier alpha value is -2.03. The third-order valence-corrected chi connectivity index (χ3v) is 6.06. The Labute approximate surface area is 174 Å². The second-order valence-corrected chi connectivity index (χ2v) is 8.30. The van der Waals surface area contributed by atoms with E-state index in [4.69, 9.17) is 4.74 Å². The molecule has 1 aromatic carbocycles. The van der Waals surface area contributed by atoms with E-state index >= 15 is 0 Å². The summed E-state index contributed by atoms with van der Waals surface area (Å²) < 4.78 is 32.6. The highest BCUT2D eigenvalue weighted by molar-refractivity contribution is 7.12. The molecule has 2 N–H and O–H groups in total. The van der Waals surface area contributed by atoms with Crippen molar-refractivity contribution in [2.24, 2.45) is 4.99 Å². The number of thiophene rings is 1. The zero-order valence-corrected chi connectivity index (χ0v) is 17.7. The fourth-order valence-electron chi connectivity index (χ4n) is 3.40. The molecule has 0 radical (unpaired) electrons. The highest BCUT2D eigenvalue weighted by Gasteiger charge is 2.24. The number of nitrogens with one attached hydrogen (secondary N) is 2. The second-order valence-electron chi connectivity index (χ2n) is 6.98. The number of aliphatic imine (C=N–C) groups is 1. The smallest absolute Gasteiger partial charge is 0.191 e. The average molecular weight is 423 g/mol. The molecule has 0 aliphatic carbocycles. The number of hydrogen-bond acceptors (Lipinski definition) is 4. The van der Waals surface area contributed by atoms with E-state index in [2.05, 4.69) is 39.6 Å². The van der Waals surface area contributed by atoms with Gasteiger partial charge in [-0.1, -0.05) is 0 Å². The van der Waals surface area contributed by atoms with Crippen LogP contribution in [-0.4, -0.2) is 57.3 Å². The molecule has 1 atom stereocenters. The maximum Gasteiger partial charge on any atom is 0.191 e. The number of ether oxygens (including phenoxy) is 1. The number of aryl methyl sites for hydroxylation is 1. The molecule has 0 bridgehead atoms. The van der Waals surface area contributed by atoms with E-state index in [1.807, 2.05) is 0 Å². The van der Waals surface area contributed by atoms with Crippen LogP contribution in [0, 0.1) is 18.6 Å². The van der Waals surface area contributed by atoms with Crippen LogP contribution in [0.5, 0.6) is 0 Å². The maximum atomic E-state index is 13.8. The molecule has 1 unspecified atom stereocenters. The second kappa shape index (κ2) is 10.7. The third kappa shape index (κ3) is 6.22. The standard InChI is InChI=1S/C21H28F2N4OS/c1-15-3-6-20(29-15)19(27-9-11-28-12-10-27)14-26-21(24-2)25-8-7-16-13-17(22)4-5-18(16)23/h3-6,13,19H,7-12,14H2,1-2H3,(H2,24,25,26). The SMILES string of the molecule is CN=C(NCCc1cc(F)ccc1F)NCC(c1ccc(C)s1)N1CCOCC1. The number of halogens is 2. The normalized spacial score (nSPS) is 16.6. The summed E-state index contributed by atoms with van der Waals surface area (Å²) >= 11 is 1.81. The lowest BCUT2D eigenvalue weighted by atomic mass is 10.1. The van der Waals surface area contributed by atoms with Crippen molar-refractivity contribution in [1.29, 1.82) is 0 Å². The Balaban J connectivity index is 1.56. The van der Waals surface area contributed by atoms with Crippen molar-refractivity contribution in [1.82, 2.24) is 15.5 Å². The van der Waals surface area contributed by atoms with E-state index in [9.17, 15) is 8.78 Å². The number of hydrogen-bond donors (Lipinski definition) is 2. The van der Waals surface area contributed by atoms with Crippen LogP contribution in [0.25, 0.3) is 0 Å². The zero-order chi connectivity index (χ0) is 20.6. The van der Waals surface area contributed by atoms with Gasteiger partial charge in [0.15, 0.2) is 5.96 Å². The predicted molar refractivity (Wildman–Crippen MR) is 114 cm³/mol. The van der Waals surface area contributed by atoms with Gasteiger partial charge in [-0.05, 0) is 49.2 Å². The summed E-state index contributed by atoms with van der Waals surface area (Å²) in [6, 6.07) is 8.09. The average Bonchev–Trinajstić information content (AvgIpc) is 3.16. The number of rotatable bonds is 7. The first-order chi connectivity index (χ1) is 14.1. The highest BCUT2D eigenvalue weighted by Crippen LogP contribution is 2.27. The van der Waals surface area contributed by atoms with E-state index in [-0.39, 0.29) is 6.04 Å². The van der Waals surface area contributed by atoms with Crippen LogP contribution in [0.3, 0.4) is 0 Å². The molecule has 0 amide bonds. The van der Waals surface area contributed by atoms with E-state index in [1.165, 1.54) is 15.8 Å². The molecule has 1 fully saturated rings. The highest BCUT2D eigenvalue weighted by atomic mass is 32.1. The molecule has 2 heterocycles. The van der Waals surface area contributed by atoms with Crippen LogP contribution >= 0.6 is 11.3 Å². The Bertz CT molecular complexity index is 821. The monoisotopic (exact) mass is 422 g/mol. The van der Waals surface area contributed by atoms with Gasteiger partial charge < -0.3 is 15.4 Å². The molecule has 3 rings (SSSR count). The van der Waals surface area contributed by atoms with Crippen molar-refractivity contribution in [3.8, 4) is 0 Å². The molecule has 29 heavy (non-hydrogen) atoms. The van der Waals surface area contributed by atoms with E-state index in [1.54, 1.807) is 18.4 Å². The van der Waals surface area contributed by atoms with Gasteiger partial charge in [-0.2, -0.15) is 0 Å². The molecule has 0 saturated carbocycles. The summed E-state index contributed by atoms with van der Waals surface area (Å²) in [6.45, 7) is 6.56. The Morgan fingerprint density at radius 2 is 2.00 bits per heavy atom. The summed E-state index contributed by atoms with van der Waals surface area (Å²) in [5.74, 6) is -0.173. The molecular weight excluding hydrogens is 394 g/mol. The van der Waals surface area contributed by atoms with Crippen LogP contribution in [-0.2, 0) is 11.2 Å². The minimum atomic E-state index is -0.427. The Morgan fingerprint density at radius 1 is 1.21 bits per heavy atom. The van der Waals surface area contributed by atoms with Crippen LogP contribution in [0.4, 0.5) is 8.78 Å². The molecule has 5 nitrogen and oxygen atoms in total. The first-order valence-corrected chi connectivity index (χ1v) is 10.6. The lowest BCUT2D eigenvalue weighted by Gasteiger charge is -2.34. The van der Waals surface area contributed by atoms with Crippen LogP contribution < -0.4 is 10.6 Å². The lowest BCUT2D eigenvalue weighted by Crippen LogP contribution is -2.46. The van der Waals surface area contributed by atoms with Crippen LogP contribution in [0.15, 0.2) is 35.3 Å². The molecule has 2 aromatic rings. The summed E-state index contributed by atoms with van der Waals surface area (Å²) in [4.78, 5) is 9.29. The first kappa shape index (κ1) is 21.7. The van der Waals surface area contributed by atoms with Gasteiger partial charge in [0, 0.05) is 43.0 Å². The minimum Gasteiger partial charge on any atom is -0.379 e. The fraction of sp³-hybridized carbons (Fsp3) is 0.476. The molecule has 1 saturated heterocycles. The topological polar surface area (TPSA) is 48.9 Å². The molecule has 1 aliphatic rings. The van der Waals surface area contributed by atoms with Crippen molar-refractivity contribution in [2.45, 2.75) is 19.4 Å². The summed E-state index contributed by atoms with van der Waals surface area (Å²) in [5.41, 5.74) is 0.355. The minimum absolute atomic E-state index is 0.233. The molecular formula is C21H28F2N4OS. The predicted octanol–water partition coefficient (Wildman–Crippen LogP) is 3.12. The summed E-state index contributed by atoms with van der Waals surface area (Å²) in [5, 5.41) is 6.57.